The molecule has 6 nitrogen and oxygen atoms in total. The Balaban J connectivity index is 2.00. The fourth-order valence-electron chi connectivity index (χ4n) is 3.03. The highest BCUT2D eigenvalue weighted by Gasteiger charge is 2.40. The Morgan fingerprint density at radius 3 is 2.31 bits per heavy atom. The van der Waals surface area contributed by atoms with E-state index in [1.54, 1.807) is 49.9 Å². The molecule has 26 heavy (non-hydrogen) atoms. The van der Waals surface area contributed by atoms with E-state index in [0.717, 1.165) is 0 Å². The van der Waals surface area contributed by atoms with E-state index in [4.69, 9.17) is 4.74 Å². The van der Waals surface area contributed by atoms with Crippen LogP contribution < -0.4 is 0 Å². The number of hydrogen-bond acceptors (Lipinski definition) is 5. The number of piperidine rings is 1. The monoisotopic (exact) mass is 378 g/mol. The molecule has 0 spiro atoms. The Bertz CT molecular complexity index is 768. The summed E-state index contributed by atoms with van der Waals surface area (Å²) < 4.78 is 30.5. The van der Waals surface area contributed by atoms with Gasteiger partial charge in [0.05, 0.1) is 23.0 Å². The molecule has 1 fully saturated rings. The maximum absolute atomic E-state index is 12.6. The Kier molecular flexibility index (Phi) is 5.97. The Labute approximate surface area is 155 Å². The van der Waals surface area contributed by atoms with Crippen LogP contribution in [0.3, 0.4) is 0 Å². The lowest BCUT2D eigenvalue weighted by atomic mass is 9.82. The van der Waals surface area contributed by atoms with Gasteiger partial charge >= 0.3 is 6.09 Å². The molecular weight excluding hydrogens is 352 g/mol. The van der Waals surface area contributed by atoms with Crippen molar-refractivity contribution in [2.75, 3.05) is 18.8 Å². The van der Waals surface area contributed by atoms with Gasteiger partial charge in [-0.15, -0.1) is 0 Å². The first kappa shape index (κ1) is 20.2. The maximum Gasteiger partial charge on any atom is 0.410 e. The van der Waals surface area contributed by atoms with Crippen molar-refractivity contribution in [2.45, 2.75) is 45.0 Å². The molecular formula is C19H26N2O4S. The number of amides is 1. The van der Waals surface area contributed by atoms with Crippen molar-refractivity contribution in [3.05, 3.63) is 35.9 Å². The number of carbonyl (C=O) groups is 1. The topological polar surface area (TPSA) is 87.5 Å². The summed E-state index contributed by atoms with van der Waals surface area (Å²) in [5.41, 5.74) is -0.821. The van der Waals surface area contributed by atoms with Gasteiger partial charge in [-0.05, 0) is 39.2 Å². The van der Waals surface area contributed by atoms with Crippen LogP contribution in [-0.4, -0.2) is 43.9 Å². The zero-order chi connectivity index (χ0) is 19.4. The summed E-state index contributed by atoms with van der Waals surface area (Å²) in [5, 5.41) is 9.63. The van der Waals surface area contributed by atoms with Crippen LogP contribution in [0.2, 0.25) is 0 Å². The van der Waals surface area contributed by atoms with Gasteiger partial charge in [-0.25, -0.2) is 13.2 Å². The zero-order valence-corrected chi connectivity index (χ0v) is 16.4. The second-order valence-electron chi connectivity index (χ2n) is 7.88. The number of sulfone groups is 1. The van der Waals surface area contributed by atoms with Crippen LogP contribution in [0.15, 0.2) is 30.3 Å². The van der Waals surface area contributed by atoms with Crippen molar-refractivity contribution in [3.8, 4) is 6.07 Å². The molecule has 1 amide bonds. The van der Waals surface area contributed by atoms with E-state index in [1.807, 2.05) is 6.07 Å². The molecule has 0 aliphatic carbocycles. The Morgan fingerprint density at radius 2 is 1.81 bits per heavy atom. The summed E-state index contributed by atoms with van der Waals surface area (Å²) in [7, 11) is -3.43. The lowest BCUT2D eigenvalue weighted by molar-refractivity contribution is 0.0161. The molecule has 1 saturated heterocycles. The largest absolute Gasteiger partial charge is 0.444 e. The lowest BCUT2D eigenvalue weighted by Crippen LogP contribution is -2.46. The standard InChI is InChI=1S/C19H26N2O4S/c1-18(2,3)25-17(22)21-11-9-19(14-20,10-12-21)15-26(23,24)13-16-7-5-4-6-8-16/h4-8H,9-13,15H2,1-3H3. The van der Waals surface area contributed by atoms with Gasteiger partial charge in [0.25, 0.3) is 0 Å². The number of nitrogens with zero attached hydrogens (tertiary/aromatic N) is 2. The van der Waals surface area contributed by atoms with Gasteiger partial charge in [0.15, 0.2) is 9.84 Å². The average Bonchev–Trinajstić information content (AvgIpc) is 2.54. The molecule has 0 aromatic heterocycles. The first-order valence-corrected chi connectivity index (χ1v) is 10.5. The number of ether oxygens (including phenoxy) is 1. The van der Waals surface area contributed by atoms with Crippen LogP contribution in [0.25, 0.3) is 0 Å². The molecule has 0 saturated carbocycles. The van der Waals surface area contributed by atoms with E-state index in [1.165, 1.54) is 0 Å². The summed E-state index contributed by atoms with van der Waals surface area (Å²) in [5.74, 6) is -0.263. The first-order chi connectivity index (χ1) is 12.0. The predicted molar refractivity (Wildman–Crippen MR) is 99.0 cm³/mol. The highest BCUT2D eigenvalue weighted by atomic mass is 32.2. The van der Waals surface area contributed by atoms with Gasteiger partial charge in [0, 0.05) is 13.1 Å². The fraction of sp³-hybridized carbons (Fsp3) is 0.579. The molecule has 1 aromatic carbocycles. The molecule has 0 unspecified atom stereocenters. The van der Waals surface area contributed by atoms with Crippen LogP contribution in [0, 0.1) is 16.7 Å². The molecule has 1 aliphatic rings. The lowest BCUT2D eigenvalue weighted by Gasteiger charge is -2.37. The SMILES string of the molecule is CC(C)(C)OC(=O)N1CCC(C#N)(CS(=O)(=O)Cc2ccccc2)CC1. The molecule has 0 radical (unpaired) electrons. The summed E-state index contributed by atoms with van der Waals surface area (Å²) in [6.45, 7) is 6.03. The number of rotatable bonds is 4. The van der Waals surface area contributed by atoms with E-state index in [-0.39, 0.29) is 11.5 Å². The van der Waals surface area contributed by atoms with Crippen molar-refractivity contribution >= 4 is 15.9 Å². The second kappa shape index (κ2) is 7.67. The first-order valence-electron chi connectivity index (χ1n) is 8.68. The Hall–Kier alpha value is -2.07. The average molecular weight is 378 g/mol. The highest BCUT2D eigenvalue weighted by Crippen LogP contribution is 2.33. The van der Waals surface area contributed by atoms with Crippen molar-refractivity contribution in [2.24, 2.45) is 5.41 Å². The van der Waals surface area contributed by atoms with Crippen LogP contribution in [0.5, 0.6) is 0 Å². The van der Waals surface area contributed by atoms with Gasteiger partial charge in [0.1, 0.15) is 5.60 Å². The van der Waals surface area contributed by atoms with Crippen molar-refractivity contribution in [1.29, 1.82) is 5.26 Å². The zero-order valence-electron chi connectivity index (χ0n) is 15.6. The van der Waals surface area contributed by atoms with Crippen LogP contribution >= 0.6 is 0 Å². The second-order valence-corrected chi connectivity index (χ2v) is 9.94. The molecule has 0 atom stereocenters. The van der Waals surface area contributed by atoms with Gasteiger partial charge in [-0.3, -0.25) is 0 Å². The fourth-order valence-corrected chi connectivity index (χ4v) is 5.03. The molecule has 0 bridgehead atoms. The van der Waals surface area contributed by atoms with Gasteiger partial charge in [0.2, 0.25) is 0 Å². The molecule has 1 aliphatic heterocycles. The molecule has 1 heterocycles. The summed E-state index contributed by atoms with van der Waals surface area (Å²) in [6, 6.07) is 11.2. The minimum atomic E-state index is -3.43. The summed E-state index contributed by atoms with van der Waals surface area (Å²) in [4.78, 5) is 13.7. The van der Waals surface area contributed by atoms with Crippen LogP contribution in [-0.2, 0) is 20.3 Å². The molecule has 2 rings (SSSR count). The van der Waals surface area contributed by atoms with E-state index in [2.05, 4.69) is 6.07 Å². The number of carbonyl (C=O) groups excluding carboxylic acids is 1. The normalized spacial score (nSPS) is 17.4. The van der Waals surface area contributed by atoms with Crippen molar-refractivity contribution in [3.63, 3.8) is 0 Å². The van der Waals surface area contributed by atoms with E-state index >= 15 is 0 Å². The van der Waals surface area contributed by atoms with Crippen LogP contribution in [0.4, 0.5) is 4.79 Å². The third kappa shape index (κ3) is 5.73. The third-order valence-electron chi connectivity index (χ3n) is 4.34. The van der Waals surface area contributed by atoms with Gasteiger partial charge < -0.3 is 9.64 Å². The van der Waals surface area contributed by atoms with E-state index < -0.39 is 26.9 Å². The quantitative estimate of drug-likeness (QED) is 0.803. The molecule has 142 valence electrons. The van der Waals surface area contributed by atoms with Gasteiger partial charge in [-0.2, -0.15) is 5.26 Å². The molecule has 7 heteroatoms. The van der Waals surface area contributed by atoms with Crippen LogP contribution in [0.1, 0.15) is 39.2 Å². The molecule has 1 aromatic rings. The van der Waals surface area contributed by atoms with E-state index in [0.29, 0.717) is 31.5 Å². The minimum absolute atomic E-state index is 0.0763. The minimum Gasteiger partial charge on any atom is -0.444 e. The Morgan fingerprint density at radius 1 is 1.23 bits per heavy atom. The van der Waals surface area contributed by atoms with E-state index in [9.17, 15) is 18.5 Å². The number of likely N-dealkylation sites (tertiary alicyclic amines) is 1. The number of hydrogen-bond donors (Lipinski definition) is 0. The summed E-state index contributed by atoms with van der Waals surface area (Å²) in [6.07, 6.45) is 0.240. The molecule has 0 N–H and O–H groups in total. The van der Waals surface area contributed by atoms with Crippen molar-refractivity contribution in [1.82, 2.24) is 4.90 Å². The predicted octanol–water partition coefficient (Wildman–Crippen LogP) is 3.14. The number of nitriles is 1. The number of benzene rings is 1. The third-order valence-corrected chi connectivity index (χ3v) is 6.10. The maximum atomic E-state index is 12.6. The smallest absolute Gasteiger partial charge is 0.410 e. The summed E-state index contributed by atoms with van der Waals surface area (Å²) >= 11 is 0. The highest BCUT2D eigenvalue weighted by molar-refractivity contribution is 7.90. The van der Waals surface area contributed by atoms with Gasteiger partial charge in [-0.1, -0.05) is 30.3 Å². The van der Waals surface area contributed by atoms with Crippen molar-refractivity contribution < 1.29 is 17.9 Å².